The van der Waals surface area contributed by atoms with Crippen molar-refractivity contribution in [1.82, 2.24) is 0 Å². The number of benzene rings is 3. The van der Waals surface area contributed by atoms with Crippen LogP contribution in [0.2, 0.25) is 16.0 Å². The van der Waals surface area contributed by atoms with Gasteiger partial charge in [-0.3, -0.25) is 0 Å². The van der Waals surface area contributed by atoms with E-state index in [1.165, 1.54) is 18.2 Å². The number of phenols is 6. The van der Waals surface area contributed by atoms with Gasteiger partial charge in [-0.1, -0.05) is 0 Å². The van der Waals surface area contributed by atoms with Crippen LogP contribution in [0, 0.1) is 0 Å². The molecule has 0 aliphatic rings. The van der Waals surface area contributed by atoms with E-state index in [9.17, 15) is 30.6 Å². The van der Waals surface area contributed by atoms with E-state index >= 15 is 0 Å². The molecule has 6 N–H and O–H groups in total. The summed E-state index contributed by atoms with van der Waals surface area (Å²) in [5, 5.41) is 60.7. The fraction of sp³-hybridized carbons (Fsp3) is 0.250. The Morgan fingerprint density at radius 3 is 0.969 bits per heavy atom. The summed E-state index contributed by atoms with van der Waals surface area (Å²) in [5.74, 6) is -0.739. The van der Waals surface area contributed by atoms with E-state index in [4.69, 9.17) is 0 Å². The number of phenolic OH excluding ortho intramolecular Hbond substituents is 6. The van der Waals surface area contributed by atoms with Crippen LogP contribution in [0.1, 0.15) is 16.7 Å². The van der Waals surface area contributed by atoms with Gasteiger partial charge < -0.3 is 17.0 Å². The Kier molecular flexibility index (Phi) is 9.57. The summed E-state index contributed by atoms with van der Waals surface area (Å²) in [6, 6.07) is 14.7. The largest absolute Gasteiger partial charge is 1.00 e. The first kappa shape index (κ1) is 25.7. The van der Waals surface area contributed by atoms with Crippen molar-refractivity contribution in [1.29, 1.82) is 0 Å². The fourth-order valence-corrected chi connectivity index (χ4v) is 7.85. The Hall–Kier alpha value is -2.54. The SMILES string of the molecule is Oc1ccc(CC[Se+](CCc2ccc(O)c(O)c2)CCc2ccc(O)c(O)c2)cc1O.[Br-]. The molecule has 0 aliphatic heterocycles. The molecule has 0 aliphatic carbocycles. The second kappa shape index (κ2) is 11.9. The molecule has 0 amide bonds. The molecule has 6 nitrogen and oxygen atoms in total. The molecule has 3 rings (SSSR count). The molecular weight excluding hydrogens is 543 g/mol. The molecule has 0 fully saturated rings. The average molecular weight is 570 g/mol. The molecular formula is C24H27BrO6Se. The molecule has 8 heteroatoms. The van der Waals surface area contributed by atoms with Gasteiger partial charge in [0.2, 0.25) is 0 Å². The molecule has 0 saturated heterocycles. The van der Waals surface area contributed by atoms with E-state index in [2.05, 4.69) is 0 Å². The van der Waals surface area contributed by atoms with Gasteiger partial charge in [0.05, 0.1) is 0 Å². The third-order valence-corrected chi connectivity index (χ3v) is 10.1. The molecule has 0 atom stereocenters. The van der Waals surface area contributed by atoms with Crippen LogP contribution in [0.25, 0.3) is 0 Å². The number of hydrogen-bond acceptors (Lipinski definition) is 6. The van der Waals surface area contributed by atoms with Gasteiger partial charge in [0.15, 0.2) is 0 Å². The zero-order valence-corrected chi connectivity index (χ0v) is 20.7. The van der Waals surface area contributed by atoms with Crippen molar-refractivity contribution in [3.63, 3.8) is 0 Å². The van der Waals surface area contributed by atoms with Crippen LogP contribution in [0.5, 0.6) is 34.5 Å². The maximum absolute atomic E-state index is 9.74. The fourth-order valence-electron chi connectivity index (χ4n) is 3.27. The zero-order chi connectivity index (χ0) is 22.4. The van der Waals surface area contributed by atoms with Gasteiger partial charge in [0.25, 0.3) is 0 Å². The minimum absolute atomic E-state index is 0. The molecule has 0 saturated carbocycles. The van der Waals surface area contributed by atoms with Gasteiger partial charge in [-0.15, -0.1) is 0 Å². The van der Waals surface area contributed by atoms with E-state index in [0.29, 0.717) is 0 Å². The van der Waals surface area contributed by atoms with Gasteiger partial charge in [-0.2, -0.15) is 0 Å². The standard InChI is InChI=1S/C24H26O6Se.BrH/c25-19-4-1-16(13-22(19)28)7-10-31(11-8-17-2-5-20(26)23(29)14-17)12-9-18-3-6-21(27)24(30)15-18;/h1-6,13-15H,7-12H2,(H5-,25,26,27,28,29,30);1H. The zero-order valence-electron chi connectivity index (χ0n) is 17.4. The maximum Gasteiger partial charge on any atom is -1.00 e. The average Bonchev–Trinajstić information content (AvgIpc) is 2.74. The third-order valence-electron chi connectivity index (χ3n) is 5.16. The Labute approximate surface area is 202 Å². The second-order valence-electron chi connectivity index (χ2n) is 7.44. The van der Waals surface area contributed by atoms with Crippen LogP contribution in [0.15, 0.2) is 54.6 Å². The van der Waals surface area contributed by atoms with Crippen molar-refractivity contribution < 1.29 is 47.6 Å². The van der Waals surface area contributed by atoms with Crippen LogP contribution in [0.3, 0.4) is 0 Å². The van der Waals surface area contributed by atoms with Crippen molar-refractivity contribution in [2.45, 2.75) is 35.2 Å². The van der Waals surface area contributed by atoms with Crippen molar-refractivity contribution in [2.75, 3.05) is 0 Å². The van der Waals surface area contributed by atoms with E-state index in [-0.39, 0.29) is 51.5 Å². The Bertz CT molecular complexity index is 911. The summed E-state index contributed by atoms with van der Waals surface area (Å²) in [4.78, 5) is 0. The van der Waals surface area contributed by atoms with Crippen LogP contribution in [-0.2, 0) is 19.3 Å². The topological polar surface area (TPSA) is 121 Å². The number of hydrogen-bond donors (Lipinski definition) is 6. The van der Waals surface area contributed by atoms with Gasteiger partial charge >= 0.3 is 186 Å². The Morgan fingerprint density at radius 2 is 0.719 bits per heavy atom. The van der Waals surface area contributed by atoms with E-state index in [1.54, 1.807) is 18.2 Å². The van der Waals surface area contributed by atoms with Crippen molar-refractivity contribution in [3.05, 3.63) is 71.3 Å². The predicted octanol–water partition coefficient (Wildman–Crippen LogP) is 1.45. The van der Waals surface area contributed by atoms with Gasteiger partial charge in [-0.05, 0) is 0 Å². The maximum atomic E-state index is 9.74. The summed E-state index contributed by atoms with van der Waals surface area (Å²) < 4.78 is 0. The van der Waals surface area contributed by atoms with Gasteiger partial charge in [-0.25, -0.2) is 0 Å². The summed E-state index contributed by atoms with van der Waals surface area (Å²) in [7, 11) is 0. The number of aryl methyl sites for hydroxylation is 3. The van der Waals surface area contributed by atoms with Gasteiger partial charge in [0, 0.05) is 0 Å². The minimum atomic E-state index is -1.10. The quantitative estimate of drug-likeness (QED) is 0.171. The molecule has 0 unspecified atom stereocenters. The summed E-state index contributed by atoms with van der Waals surface area (Å²) >= 11 is -1.10. The predicted molar refractivity (Wildman–Crippen MR) is 121 cm³/mol. The monoisotopic (exact) mass is 570 g/mol. The Morgan fingerprint density at radius 1 is 0.438 bits per heavy atom. The summed E-state index contributed by atoms with van der Waals surface area (Å²) in [6.07, 6.45) is 2.38. The first-order valence-corrected chi connectivity index (χ1v) is 13.6. The van der Waals surface area contributed by atoms with E-state index < -0.39 is 13.9 Å². The molecule has 172 valence electrons. The first-order valence-electron chi connectivity index (χ1n) is 9.98. The third kappa shape index (κ3) is 7.26. The van der Waals surface area contributed by atoms with Crippen LogP contribution < -0.4 is 17.0 Å². The molecule has 0 bridgehead atoms. The van der Waals surface area contributed by atoms with Crippen LogP contribution >= 0.6 is 0 Å². The molecule has 0 spiro atoms. The summed E-state index contributed by atoms with van der Waals surface area (Å²) in [6.45, 7) is 0. The van der Waals surface area contributed by atoms with Crippen LogP contribution in [-0.4, -0.2) is 44.5 Å². The smallest absolute Gasteiger partial charge is 1.00 e. The van der Waals surface area contributed by atoms with Crippen LogP contribution in [0.4, 0.5) is 0 Å². The second-order valence-corrected chi connectivity index (χ2v) is 12.6. The number of aromatic hydroxyl groups is 6. The molecule has 32 heavy (non-hydrogen) atoms. The minimum Gasteiger partial charge on any atom is -1.00 e. The van der Waals surface area contributed by atoms with E-state index in [1.807, 2.05) is 18.2 Å². The normalized spacial score (nSPS) is 10.8. The van der Waals surface area contributed by atoms with Crippen molar-refractivity contribution in [3.8, 4) is 34.5 Å². The number of halogens is 1. The summed E-state index contributed by atoms with van der Waals surface area (Å²) in [5.41, 5.74) is 2.90. The molecule has 0 aromatic heterocycles. The van der Waals surface area contributed by atoms with Gasteiger partial charge in [0.1, 0.15) is 0 Å². The van der Waals surface area contributed by atoms with E-state index in [0.717, 1.165) is 51.9 Å². The first-order chi connectivity index (χ1) is 14.8. The molecule has 0 radical (unpaired) electrons. The molecule has 3 aromatic carbocycles. The molecule has 0 heterocycles. The molecule has 3 aromatic rings. The van der Waals surface area contributed by atoms with Crippen molar-refractivity contribution in [2.24, 2.45) is 0 Å². The van der Waals surface area contributed by atoms with Crippen molar-refractivity contribution >= 4 is 13.9 Å². The Balaban J connectivity index is 0.00000363. The number of rotatable bonds is 9.